The van der Waals surface area contributed by atoms with Crippen LogP contribution in [0.2, 0.25) is 0 Å². The number of sulfonamides is 1. The third kappa shape index (κ3) is 4.43. The van der Waals surface area contributed by atoms with Crippen LogP contribution in [0.1, 0.15) is 6.92 Å². The second kappa shape index (κ2) is 8.17. The Morgan fingerprint density at radius 1 is 1.29 bits per heavy atom. The summed E-state index contributed by atoms with van der Waals surface area (Å²) in [5.74, 6) is 0.991. The van der Waals surface area contributed by atoms with E-state index in [2.05, 4.69) is 4.98 Å². The molecule has 0 amide bonds. The summed E-state index contributed by atoms with van der Waals surface area (Å²) in [6.45, 7) is 2.97. The number of nitrogens with two attached hydrogens (primary N) is 1. The highest BCUT2D eigenvalue weighted by Gasteiger charge is 2.14. The van der Waals surface area contributed by atoms with Gasteiger partial charge in [0.05, 0.1) is 33.5 Å². The fourth-order valence-corrected chi connectivity index (χ4v) is 4.09. The molecule has 0 aliphatic rings. The molecule has 1 heterocycles. The number of aromatic nitrogens is 2. The number of primary sulfonamides is 1. The first-order valence-corrected chi connectivity index (χ1v) is 10.9. The Balaban J connectivity index is 1.70. The number of non-ortho nitro benzene ring substituents is 1. The van der Waals surface area contributed by atoms with Gasteiger partial charge in [0.25, 0.3) is 5.69 Å². The number of benzene rings is 2. The zero-order valence-corrected chi connectivity index (χ0v) is 16.6. The number of ether oxygens (including phenoxy) is 1. The van der Waals surface area contributed by atoms with Crippen molar-refractivity contribution in [2.75, 3.05) is 12.4 Å². The number of thioether (sulfide) groups is 1. The maximum Gasteiger partial charge on any atom is 0.273 e. The summed E-state index contributed by atoms with van der Waals surface area (Å²) >= 11 is 1.45. The standard InChI is InChI=1S/C17H18N4O5S2/c1-2-20-16-7-6-14(28(18,24)25)11-15(16)19-17(20)27-9-8-26-13-5-3-4-12(10-13)21(22)23/h3-7,10-11H,2,8-9H2,1H3,(H2,18,24,25). The van der Waals surface area contributed by atoms with E-state index in [4.69, 9.17) is 9.88 Å². The average molecular weight is 422 g/mol. The lowest BCUT2D eigenvalue weighted by Gasteiger charge is -2.07. The van der Waals surface area contributed by atoms with Crippen LogP contribution in [0.15, 0.2) is 52.5 Å². The van der Waals surface area contributed by atoms with E-state index in [1.54, 1.807) is 18.2 Å². The van der Waals surface area contributed by atoms with E-state index in [0.717, 1.165) is 10.7 Å². The van der Waals surface area contributed by atoms with Crippen LogP contribution in [0.3, 0.4) is 0 Å². The summed E-state index contributed by atoms with van der Waals surface area (Å²) < 4.78 is 30.6. The molecule has 0 aliphatic carbocycles. The number of rotatable bonds is 8. The molecule has 28 heavy (non-hydrogen) atoms. The summed E-state index contributed by atoms with van der Waals surface area (Å²) in [5, 5.41) is 16.7. The molecule has 3 aromatic rings. The van der Waals surface area contributed by atoms with Crippen LogP contribution in [0, 0.1) is 10.1 Å². The Hall–Kier alpha value is -2.63. The van der Waals surface area contributed by atoms with Gasteiger partial charge in [-0.15, -0.1) is 0 Å². The van der Waals surface area contributed by atoms with Gasteiger partial charge in [0.1, 0.15) is 5.75 Å². The molecular weight excluding hydrogens is 404 g/mol. The number of hydrogen-bond acceptors (Lipinski definition) is 7. The highest BCUT2D eigenvalue weighted by Crippen LogP contribution is 2.26. The molecule has 2 aromatic carbocycles. The van der Waals surface area contributed by atoms with Crippen LogP contribution in [0.5, 0.6) is 5.75 Å². The molecule has 0 fully saturated rings. The molecule has 0 bridgehead atoms. The van der Waals surface area contributed by atoms with Gasteiger partial charge in [-0.25, -0.2) is 18.5 Å². The first-order chi connectivity index (χ1) is 13.3. The van der Waals surface area contributed by atoms with Crippen LogP contribution >= 0.6 is 11.8 Å². The van der Waals surface area contributed by atoms with Gasteiger partial charge in [-0.3, -0.25) is 10.1 Å². The Morgan fingerprint density at radius 2 is 2.07 bits per heavy atom. The Kier molecular flexibility index (Phi) is 5.87. The third-order valence-electron chi connectivity index (χ3n) is 3.94. The SMILES string of the molecule is CCn1c(SCCOc2cccc([N+](=O)[O-])c2)nc2cc(S(N)(=O)=O)ccc21. The van der Waals surface area contributed by atoms with Gasteiger partial charge in [-0.1, -0.05) is 17.8 Å². The number of aryl methyl sites for hydroxylation is 1. The van der Waals surface area contributed by atoms with Crippen molar-refractivity contribution < 1.29 is 18.1 Å². The van der Waals surface area contributed by atoms with Crippen molar-refractivity contribution in [1.82, 2.24) is 9.55 Å². The highest BCUT2D eigenvalue weighted by atomic mass is 32.2. The van der Waals surface area contributed by atoms with Crippen molar-refractivity contribution in [2.45, 2.75) is 23.5 Å². The van der Waals surface area contributed by atoms with Crippen LogP contribution < -0.4 is 9.88 Å². The minimum absolute atomic E-state index is 0.0197. The van der Waals surface area contributed by atoms with Gasteiger partial charge < -0.3 is 9.30 Å². The summed E-state index contributed by atoms with van der Waals surface area (Å²) in [4.78, 5) is 14.8. The zero-order valence-electron chi connectivity index (χ0n) is 14.9. The largest absolute Gasteiger partial charge is 0.492 e. The van der Waals surface area contributed by atoms with E-state index >= 15 is 0 Å². The fraction of sp³-hybridized carbons (Fsp3) is 0.235. The molecule has 0 unspecified atom stereocenters. The van der Waals surface area contributed by atoms with Gasteiger partial charge >= 0.3 is 0 Å². The molecule has 0 saturated carbocycles. The predicted molar refractivity (Wildman–Crippen MR) is 106 cm³/mol. The molecule has 0 spiro atoms. The predicted octanol–water partition coefficient (Wildman–Crippen LogP) is 2.78. The number of fused-ring (bicyclic) bond motifs is 1. The molecule has 9 nitrogen and oxygen atoms in total. The number of hydrogen-bond donors (Lipinski definition) is 1. The van der Waals surface area contributed by atoms with Crippen LogP contribution in [-0.4, -0.2) is 35.3 Å². The minimum Gasteiger partial charge on any atom is -0.492 e. The van der Waals surface area contributed by atoms with Crippen molar-refractivity contribution in [3.63, 3.8) is 0 Å². The molecule has 3 rings (SSSR count). The molecule has 0 atom stereocenters. The molecule has 2 N–H and O–H groups in total. The normalized spacial score (nSPS) is 11.6. The van der Waals surface area contributed by atoms with Gasteiger partial charge in [0.15, 0.2) is 5.16 Å². The maximum atomic E-state index is 11.5. The molecule has 11 heteroatoms. The van der Waals surface area contributed by atoms with Crippen molar-refractivity contribution in [3.05, 3.63) is 52.6 Å². The van der Waals surface area contributed by atoms with Crippen LogP contribution in [0.25, 0.3) is 11.0 Å². The molecular formula is C17H18N4O5S2. The van der Waals surface area contributed by atoms with Crippen molar-refractivity contribution in [3.8, 4) is 5.75 Å². The van der Waals surface area contributed by atoms with E-state index in [1.807, 2.05) is 11.5 Å². The number of nitro groups is 1. The van der Waals surface area contributed by atoms with Gasteiger partial charge in [-0.2, -0.15) is 0 Å². The lowest BCUT2D eigenvalue weighted by atomic mass is 10.3. The van der Waals surface area contributed by atoms with Crippen LogP contribution in [0.4, 0.5) is 5.69 Å². The molecule has 1 aromatic heterocycles. The Bertz CT molecular complexity index is 1130. The van der Waals surface area contributed by atoms with Gasteiger partial charge in [0, 0.05) is 18.4 Å². The lowest BCUT2D eigenvalue weighted by Crippen LogP contribution is -2.11. The Morgan fingerprint density at radius 3 is 2.75 bits per heavy atom. The number of nitro benzene ring substituents is 1. The molecule has 0 saturated heterocycles. The van der Waals surface area contributed by atoms with Crippen molar-refractivity contribution in [2.24, 2.45) is 5.14 Å². The van der Waals surface area contributed by atoms with Gasteiger partial charge in [0.2, 0.25) is 10.0 Å². The van der Waals surface area contributed by atoms with Gasteiger partial charge in [-0.05, 0) is 31.2 Å². The topological polar surface area (TPSA) is 130 Å². The summed E-state index contributed by atoms with van der Waals surface area (Å²) in [5.41, 5.74) is 1.34. The van der Waals surface area contributed by atoms with E-state index in [-0.39, 0.29) is 10.6 Å². The van der Waals surface area contributed by atoms with E-state index in [0.29, 0.717) is 30.2 Å². The third-order valence-corrected chi connectivity index (χ3v) is 5.79. The average Bonchev–Trinajstić information content (AvgIpc) is 3.01. The number of imidazole rings is 1. The summed E-state index contributed by atoms with van der Waals surface area (Å²) in [6, 6.07) is 10.6. The molecule has 0 radical (unpaired) electrons. The Labute approximate surface area is 165 Å². The zero-order chi connectivity index (χ0) is 20.3. The van der Waals surface area contributed by atoms with E-state index in [9.17, 15) is 18.5 Å². The van der Waals surface area contributed by atoms with E-state index in [1.165, 1.54) is 36.0 Å². The minimum atomic E-state index is -3.79. The first kappa shape index (κ1) is 20.1. The summed E-state index contributed by atoms with van der Waals surface area (Å²) in [7, 11) is -3.79. The van der Waals surface area contributed by atoms with Crippen molar-refractivity contribution in [1.29, 1.82) is 0 Å². The van der Waals surface area contributed by atoms with E-state index < -0.39 is 14.9 Å². The van der Waals surface area contributed by atoms with Crippen molar-refractivity contribution >= 4 is 38.5 Å². The second-order valence-corrected chi connectivity index (χ2v) is 8.41. The quantitative estimate of drug-likeness (QED) is 0.256. The first-order valence-electron chi connectivity index (χ1n) is 8.32. The highest BCUT2D eigenvalue weighted by molar-refractivity contribution is 7.99. The second-order valence-electron chi connectivity index (χ2n) is 5.79. The summed E-state index contributed by atoms with van der Waals surface area (Å²) in [6.07, 6.45) is 0. The molecule has 0 aliphatic heterocycles. The monoisotopic (exact) mass is 422 g/mol. The smallest absolute Gasteiger partial charge is 0.273 e. The fourth-order valence-electron chi connectivity index (χ4n) is 2.66. The number of nitrogens with zero attached hydrogens (tertiary/aromatic N) is 3. The van der Waals surface area contributed by atoms with Crippen LogP contribution in [-0.2, 0) is 16.6 Å². The lowest BCUT2D eigenvalue weighted by molar-refractivity contribution is -0.384. The molecule has 148 valence electrons. The maximum absolute atomic E-state index is 11.5.